The molecule has 0 amide bonds. The molecular formula is C17H17BrClNO. The summed E-state index contributed by atoms with van der Waals surface area (Å²) in [6.07, 6.45) is 0. The summed E-state index contributed by atoms with van der Waals surface area (Å²) in [5.74, 6) is 0. The van der Waals surface area contributed by atoms with Crippen molar-refractivity contribution in [3.05, 3.63) is 68.1 Å². The maximum absolute atomic E-state index is 6.17. The Morgan fingerprint density at radius 2 is 2.00 bits per heavy atom. The van der Waals surface area contributed by atoms with E-state index in [0.29, 0.717) is 6.61 Å². The van der Waals surface area contributed by atoms with Gasteiger partial charge in [-0.15, -0.1) is 0 Å². The summed E-state index contributed by atoms with van der Waals surface area (Å²) in [5.41, 5.74) is 4.97. The van der Waals surface area contributed by atoms with Gasteiger partial charge in [-0.2, -0.15) is 0 Å². The van der Waals surface area contributed by atoms with Gasteiger partial charge in [-0.3, -0.25) is 0 Å². The van der Waals surface area contributed by atoms with Crippen molar-refractivity contribution in [2.75, 3.05) is 6.54 Å². The number of fused-ring (bicyclic) bond motifs is 1. The number of ether oxygens (including phenoxy) is 1. The molecule has 0 saturated heterocycles. The molecule has 0 spiro atoms. The third-order valence-corrected chi connectivity index (χ3v) is 4.71. The predicted octanol–water partition coefficient (Wildman–Crippen LogP) is 4.83. The zero-order valence-corrected chi connectivity index (χ0v) is 14.2. The highest BCUT2D eigenvalue weighted by Crippen LogP contribution is 2.33. The van der Waals surface area contributed by atoms with Crippen LogP contribution in [-0.2, 0) is 18.0 Å². The van der Waals surface area contributed by atoms with E-state index >= 15 is 0 Å². The van der Waals surface area contributed by atoms with Crippen LogP contribution < -0.4 is 5.32 Å². The number of nitrogens with one attached hydrogen (secondary N) is 1. The lowest BCUT2D eigenvalue weighted by molar-refractivity contribution is 0.134. The van der Waals surface area contributed by atoms with Gasteiger partial charge < -0.3 is 10.1 Å². The Hall–Kier alpha value is -0.870. The summed E-state index contributed by atoms with van der Waals surface area (Å²) in [6.45, 7) is 4.43. The summed E-state index contributed by atoms with van der Waals surface area (Å²) in [5, 5.41) is 4.30. The van der Waals surface area contributed by atoms with Crippen molar-refractivity contribution in [3.63, 3.8) is 0 Å². The molecular weight excluding hydrogens is 350 g/mol. The quantitative estimate of drug-likeness (QED) is 0.836. The molecule has 0 bridgehead atoms. The van der Waals surface area contributed by atoms with Gasteiger partial charge in [-0.25, -0.2) is 0 Å². The molecule has 4 heteroatoms. The smallest absolute Gasteiger partial charge is 0.0725 e. The summed E-state index contributed by atoms with van der Waals surface area (Å²) < 4.78 is 6.57. The predicted molar refractivity (Wildman–Crippen MR) is 89.6 cm³/mol. The largest absolute Gasteiger partial charge is 0.372 e. The first-order valence-electron chi connectivity index (χ1n) is 7.07. The minimum absolute atomic E-state index is 0.119. The fourth-order valence-electron chi connectivity index (χ4n) is 2.72. The second-order valence-electron chi connectivity index (χ2n) is 5.18. The third kappa shape index (κ3) is 3.16. The van der Waals surface area contributed by atoms with Gasteiger partial charge in [0.25, 0.3) is 0 Å². The highest BCUT2D eigenvalue weighted by Gasteiger charge is 2.19. The summed E-state index contributed by atoms with van der Waals surface area (Å²) in [4.78, 5) is 0. The standard InChI is InChI=1S/C17H17BrClNO/c1-2-20-17(15-8-14(19)5-6-16(15)18)11-3-4-12-9-21-10-13(12)7-11/h3-8,17,20H,2,9-10H2,1H3. The average molecular weight is 367 g/mol. The SMILES string of the molecule is CCNC(c1ccc2c(c1)COC2)c1cc(Cl)ccc1Br. The van der Waals surface area contributed by atoms with Crippen LogP contribution in [-0.4, -0.2) is 6.54 Å². The number of halogens is 2. The molecule has 1 aliphatic heterocycles. The Balaban J connectivity index is 2.03. The minimum atomic E-state index is 0.119. The first kappa shape index (κ1) is 15.0. The van der Waals surface area contributed by atoms with Crippen LogP contribution in [0.2, 0.25) is 5.02 Å². The average Bonchev–Trinajstić information content (AvgIpc) is 2.95. The maximum atomic E-state index is 6.17. The second kappa shape index (κ2) is 6.49. The Morgan fingerprint density at radius 1 is 1.19 bits per heavy atom. The molecule has 0 aliphatic carbocycles. The molecule has 2 aromatic rings. The molecule has 0 radical (unpaired) electrons. The molecule has 1 unspecified atom stereocenters. The van der Waals surface area contributed by atoms with Crippen molar-refractivity contribution >= 4 is 27.5 Å². The Kier molecular flexibility index (Phi) is 4.65. The van der Waals surface area contributed by atoms with Crippen molar-refractivity contribution in [2.45, 2.75) is 26.2 Å². The van der Waals surface area contributed by atoms with Gasteiger partial charge in [-0.1, -0.05) is 52.7 Å². The topological polar surface area (TPSA) is 21.3 Å². The molecule has 2 aromatic carbocycles. The highest BCUT2D eigenvalue weighted by atomic mass is 79.9. The molecule has 1 N–H and O–H groups in total. The van der Waals surface area contributed by atoms with E-state index in [2.05, 4.69) is 46.4 Å². The fraction of sp³-hybridized carbons (Fsp3) is 0.294. The molecule has 1 atom stereocenters. The van der Waals surface area contributed by atoms with E-state index in [4.69, 9.17) is 16.3 Å². The van der Waals surface area contributed by atoms with E-state index in [1.165, 1.54) is 16.7 Å². The number of rotatable bonds is 4. The van der Waals surface area contributed by atoms with Crippen LogP contribution in [0.25, 0.3) is 0 Å². The maximum Gasteiger partial charge on any atom is 0.0725 e. The molecule has 0 fully saturated rings. The van der Waals surface area contributed by atoms with Gasteiger partial charge in [0, 0.05) is 9.50 Å². The molecule has 110 valence electrons. The van der Waals surface area contributed by atoms with Crippen molar-refractivity contribution in [3.8, 4) is 0 Å². The zero-order valence-electron chi connectivity index (χ0n) is 11.8. The first-order chi connectivity index (χ1) is 10.2. The van der Waals surface area contributed by atoms with E-state index in [-0.39, 0.29) is 6.04 Å². The third-order valence-electron chi connectivity index (χ3n) is 3.76. The summed E-state index contributed by atoms with van der Waals surface area (Å²) in [7, 11) is 0. The minimum Gasteiger partial charge on any atom is -0.372 e. The van der Waals surface area contributed by atoms with Crippen molar-refractivity contribution in [1.29, 1.82) is 0 Å². The number of hydrogen-bond acceptors (Lipinski definition) is 2. The van der Waals surface area contributed by atoms with Crippen LogP contribution in [0.1, 0.15) is 35.2 Å². The fourth-order valence-corrected chi connectivity index (χ4v) is 3.37. The summed E-state index contributed by atoms with van der Waals surface area (Å²) >= 11 is 9.81. The van der Waals surface area contributed by atoms with E-state index < -0.39 is 0 Å². The summed E-state index contributed by atoms with van der Waals surface area (Å²) in [6, 6.07) is 12.6. The van der Waals surface area contributed by atoms with Gasteiger partial charge in [-0.05, 0) is 47.0 Å². The molecule has 1 aliphatic rings. The Morgan fingerprint density at radius 3 is 2.81 bits per heavy atom. The normalized spacial score (nSPS) is 15.0. The van der Waals surface area contributed by atoms with Crippen LogP contribution in [0.5, 0.6) is 0 Å². The molecule has 2 nitrogen and oxygen atoms in total. The lowest BCUT2D eigenvalue weighted by Crippen LogP contribution is -2.22. The lowest BCUT2D eigenvalue weighted by Gasteiger charge is -2.21. The van der Waals surface area contributed by atoms with Crippen LogP contribution in [0.15, 0.2) is 40.9 Å². The van der Waals surface area contributed by atoms with E-state index in [9.17, 15) is 0 Å². The Labute approximate surface area is 138 Å². The van der Waals surface area contributed by atoms with Gasteiger partial charge in [0.2, 0.25) is 0 Å². The van der Waals surface area contributed by atoms with Crippen molar-refractivity contribution in [2.24, 2.45) is 0 Å². The Bertz CT molecular complexity index is 659. The van der Waals surface area contributed by atoms with Crippen LogP contribution in [0.3, 0.4) is 0 Å². The van der Waals surface area contributed by atoms with Gasteiger partial charge in [0.05, 0.1) is 19.3 Å². The van der Waals surface area contributed by atoms with Crippen molar-refractivity contribution < 1.29 is 4.74 Å². The molecule has 1 heterocycles. The molecule has 0 aromatic heterocycles. The molecule has 0 saturated carbocycles. The van der Waals surface area contributed by atoms with Crippen LogP contribution in [0, 0.1) is 0 Å². The lowest BCUT2D eigenvalue weighted by atomic mass is 9.95. The van der Waals surface area contributed by atoms with Gasteiger partial charge in [0.1, 0.15) is 0 Å². The molecule has 21 heavy (non-hydrogen) atoms. The number of benzene rings is 2. The number of hydrogen-bond donors (Lipinski definition) is 1. The van der Waals surface area contributed by atoms with E-state index in [1.807, 2.05) is 18.2 Å². The van der Waals surface area contributed by atoms with Crippen LogP contribution >= 0.6 is 27.5 Å². The van der Waals surface area contributed by atoms with Gasteiger partial charge in [0.15, 0.2) is 0 Å². The zero-order chi connectivity index (χ0) is 14.8. The van der Waals surface area contributed by atoms with E-state index in [1.54, 1.807) is 0 Å². The highest BCUT2D eigenvalue weighted by molar-refractivity contribution is 9.10. The monoisotopic (exact) mass is 365 g/mol. The van der Waals surface area contributed by atoms with E-state index in [0.717, 1.165) is 28.2 Å². The van der Waals surface area contributed by atoms with Crippen molar-refractivity contribution in [1.82, 2.24) is 5.32 Å². The first-order valence-corrected chi connectivity index (χ1v) is 8.24. The van der Waals surface area contributed by atoms with Crippen LogP contribution in [0.4, 0.5) is 0 Å². The van der Waals surface area contributed by atoms with Gasteiger partial charge >= 0.3 is 0 Å². The second-order valence-corrected chi connectivity index (χ2v) is 6.47. The molecule has 3 rings (SSSR count).